The minimum absolute atomic E-state index is 0.187. The first-order valence-corrected chi connectivity index (χ1v) is 3.89. The molecule has 6 heteroatoms. The molecule has 0 saturated carbocycles. The van der Waals surface area contributed by atoms with E-state index in [0.717, 1.165) is 0 Å². The van der Waals surface area contributed by atoms with Crippen LogP contribution in [-0.2, 0) is 4.57 Å². The number of hydrogen-bond donors (Lipinski definition) is 2. The summed E-state index contributed by atoms with van der Waals surface area (Å²) < 4.78 is 18.6. The lowest BCUT2D eigenvalue weighted by atomic mass is 10.7. The summed E-state index contributed by atoms with van der Waals surface area (Å²) in [7, 11) is -4.45. The first kappa shape index (κ1) is 7.34. The molecule has 1 aromatic heterocycles. The molecule has 0 unspecified atom stereocenters. The molecule has 0 aliphatic rings. The van der Waals surface area contributed by atoms with Gasteiger partial charge in [0, 0.05) is 6.07 Å². The van der Waals surface area contributed by atoms with E-state index in [0.29, 0.717) is 0 Å². The van der Waals surface area contributed by atoms with Crippen LogP contribution >= 0.6 is 7.82 Å². The number of hydrogen-bond acceptors (Lipinski definition) is 3. The van der Waals surface area contributed by atoms with Crippen molar-refractivity contribution in [2.24, 2.45) is 0 Å². The molecular formula is C4H5O5P. The predicted octanol–water partition coefficient (Wildman–Crippen LogP) is 0.751. The standard InChI is InChI=1S/C4H5O5P/c5-10(6,7)9-4-2-1-3-8-4/h1-3H,(H2,5,6,7). The fourth-order valence-electron chi connectivity index (χ4n) is 0.433. The summed E-state index contributed by atoms with van der Waals surface area (Å²) >= 11 is 0. The SMILES string of the molecule is O=P(O)(O)Oc1ccco1. The van der Waals surface area contributed by atoms with Crippen molar-refractivity contribution in [2.75, 3.05) is 0 Å². The molecule has 0 amide bonds. The van der Waals surface area contributed by atoms with Crippen molar-refractivity contribution in [3.8, 4) is 5.95 Å². The van der Waals surface area contributed by atoms with Crippen molar-refractivity contribution in [2.45, 2.75) is 0 Å². The molecular weight excluding hydrogens is 159 g/mol. The Morgan fingerprint density at radius 3 is 2.70 bits per heavy atom. The molecule has 0 radical (unpaired) electrons. The third-order valence-electron chi connectivity index (χ3n) is 0.704. The maximum Gasteiger partial charge on any atom is 0.527 e. The van der Waals surface area contributed by atoms with Crippen LogP contribution in [0.2, 0.25) is 0 Å². The Morgan fingerprint density at radius 2 is 2.30 bits per heavy atom. The van der Waals surface area contributed by atoms with Crippen LogP contribution in [0.25, 0.3) is 0 Å². The number of phosphoric acid groups is 1. The maximum atomic E-state index is 10.1. The van der Waals surface area contributed by atoms with E-state index in [1.165, 1.54) is 18.4 Å². The van der Waals surface area contributed by atoms with Crippen molar-refractivity contribution in [1.29, 1.82) is 0 Å². The van der Waals surface area contributed by atoms with Crippen LogP contribution in [0.5, 0.6) is 5.95 Å². The first-order valence-electron chi connectivity index (χ1n) is 2.36. The van der Waals surface area contributed by atoms with Crippen LogP contribution < -0.4 is 4.52 Å². The van der Waals surface area contributed by atoms with E-state index in [9.17, 15) is 4.57 Å². The average Bonchev–Trinajstić information content (AvgIpc) is 2.12. The molecule has 0 bridgehead atoms. The normalized spacial score (nSPS) is 11.4. The zero-order valence-electron chi connectivity index (χ0n) is 4.80. The molecule has 56 valence electrons. The molecule has 0 aliphatic carbocycles. The minimum Gasteiger partial charge on any atom is -0.434 e. The van der Waals surface area contributed by atoms with E-state index < -0.39 is 7.82 Å². The molecule has 5 nitrogen and oxygen atoms in total. The van der Waals surface area contributed by atoms with E-state index in [1.807, 2.05) is 0 Å². The zero-order valence-corrected chi connectivity index (χ0v) is 5.69. The summed E-state index contributed by atoms with van der Waals surface area (Å²) in [5.74, 6) is -0.187. The Morgan fingerprint density at radius 1 is 1.60 bits per heavy atom. The Bertz CT molecular complexity index is 234. The third-order valence-corrected chi connectivity index (χ3v) is 1.12. The lowest BCUT2D eigenvalue weighted by Crippen LogP contribution is -1.87. The molecule has 0 aromatic carbocycles. The van der Waals surface area contributed by atoms with Gasteiger partial charge in [-0.25, -0.2) is 4.57 Å². The molecule has 0 atom stereocenters. The van der Waals surface area contributed by atoms with Crippen LogP contribution in [0, 0.1) is 0 Å². The molecule has 1 rings (SSSR count). The molecule has 1 aromatic rings. The van der Waals surface area contributed by atoms with Gasteiger partial charge in [-0.15, -0.1) is 0 Å². The van der Waals surface area contributed by atoms with Gasteiger partial charge in [0.15, 0.2) is 0 Å². The van der Waals surface area contributed by atoms with E-state index in [-0.39, 0.29) is 5.95 Å². The summed E-state index contributed by atoms with van der Waals surface area (Å²) in [6, 6.07) is 2.77. The Hall–Kier alpha value is -0.770. The zero-order chi connectivity index (χ0) is 7.61. The minimum atomic E-state index is -4.45. The van der Waals surface area contributed by atoms with Crippen molar-refractivity contribution in [3.63, 3.8) is 0 Å². The second-order valence-corrected chi connectivity index (χ2v) is 2.68. The molecule has 0 saturated heterocycles. The van der Waals surface area contributed by atoms with Crippen LogP contribution in [0.1, 0.15) is 0 Å². The fourth-order valence-corrected chi connectivity index (χ4v) is 0.771. The van der Waals surface area contributed by atoms with Gasteiger partial charge in [0.1, 0.15) is 0 Å². The van der Waals surface area contributed by atoms with Crippen LogP contribution in [-0.4, -0.2) is 9.79 Å². The second kappa shape index (κ2) is 2.46. The Labute approximate surface area is 56.5 Å². The largest absolute Gasteiger partial charge is 0.527 e. The van der Waals surface area contributed by atoms with Crippen molar-refractivity contribution < 1.29 is 23.3 Å². The highest BCUT2D eigenvalue weighted by Gasteiger charge is 2.16. The van der Waals surface area contributed by atoms with Gasteiger partial charge in [-0.1, -0.05) is 0 Å². The van der Waals surface area contributed by atoms with Gasteiger partial charge in [0.25, 0.3) is 5.95 Å². The highest BCUT2D eigenvalue weighted by molar-refractivity contribution is 7.46. The van der Waals surface area contributed by atoms with E-state index in [2.05, 4.69) is 8.94 Å². The smallest absolute Gasteiger partial charge is 0.434 e. The maximum absolute atomic E-state index is 10.1. The van der Waals surface area contributed by atoms with Gasteiger partial charge in [-0.05, 0) is 6.07 Å². The second-order valence-electron chi connectivity index (χ2n) is 1.51. The summed E-state index contributed by atoms with van der Waals surface area (Å²) in [5, 5.41) is 0. The predicted molar refractivity (Wildman–Crippen MR) is 31.4 cm³/mol. The van der Waals surface area contributed by atoms with Gasteiger partial charge in [0.05, 0.1) is 6.26 Å². The van der Waals surface area contributed by atoms with Gasteiger partial charge in [-0.3, -0.25) is 9.79 Å². The van der Waals surface area contributed by atoms with Crippen molar-refractivity contribution >= 4 is 7.82 Å². The van der Waals surface area contributed by atoms with Gasteiger partial charge < -0.3 is 8.94 Å². The van der Waals surface area contributed by atoms with Gasteiger partial charge in [-0.2, -0.15) is 0 Å². The van der Waals surface area contributed by atoms with Gasteiger partial charge >= 0.3 is 7.82 Å². The summed E-state index contributed by atoms with van der Waals surface area (Å²) in [4.78, 5) is 16.4. The molecule has 10 heavy (non-hydrogen) atoms. The van der Waals surface area contributed by atoms with Crippen molar-refractivity contribution in [1.82, 2.24) is 0 Å². The van der Waals surface area contributed by atoms with Crippen LogP contribution in [0.15, 0.2) is 22.8 Å². The molecule has 2 N–H and O–H groups in total. The first-order chi connectivity index (χ1) is 4.58. The van der Waals surface area contributed by atoms with Gasteiger partial charge in [0.2, 0.25) is 0 Å². The van der Waals surface area contributed by atoms with Crippen LogP contribution in [0.3, 0.4) is 0 Å². The number of furan rings is 1. The molecule has 0 aliphatic heterocycles. The lowest BCUT2D eigenvalue weighted by Gasteiger charge is -2.00. The highest BCUT2D eigenvalue weighted by atomic mass is 31.2. The van der Waals surface area contributed by atoms with Crippen molar-refractivity contribution in [3.05, 3.63) is 18.4 Å². The Balaban J connectivity index is 2.66. The molecule has 0 fully saturated rings. The van der Waals surface area contributed by atoms with Crippen LogP contribution in [0.4, 0.5) is 0 Å². The third kappa shape index (κ3) is 2.23. The Kier molecular flexibility index (Phi) is 1.80. The number of rotatable bonds is 2. The average molecular weight is 164 g/mol. The summed E-state index contributed by atoms with van der Waals surface area (Å²) in [6.07, 6.45) is 1.25. The highest BCUT2D eigenvalue weighted by Crippen LogP contribution is 2.37. The molecule has 0 spiro atoms. The number of phosphoric ester groups is 1. The molecule has 1 heterocycles. The van der Waals surface area contributed by atoms with E-state index >= 15 is 0 Å². The monoisotopic (exact) mass is 164 g/mol. The quantitative estimate of drug-likeness (QED) is 0.630. The summed E-state index contributed by atoms with van der Waals surface area (Å²) in [6.45, 7) is 0. The fraction of sp³-hybridized carbons (Fsp3) is 0. The summed E-state index contributed by atoms with van der Waals surface area (Å²) in [5.41, 5.74) is 0. The van der Waals surface area contributed by atoms with E-state index in [4.69, 9.17) is 9.79 Å². The van der Waals surface area contributed by atoms with E-state index in [1.54, 1.807) is 0 Å². The topological polar surface area (TPSA) is 79.9 Å². The lowest BCUT2D eigenvalue weighted by molar-refractivity contribution is 0.255.